The monoisotopic (exact) mass is 214 g/mol. The fourth-order valence-corrected chi connectivity index (χ4v) is 1.95. The maximum Gasteiger partial charge on any atom is 0.296 e. The van der Waals surface area contributed by atoms with E-state index in [1.54, 1.807) is 19.1 Å². The predicted octanol–water partition coefficient (Wildman–Crippen LogP) is 2.67. The van der Waals surface area contributed by atoms with Gasteiger partial charge in [-0.1, -0.05) is 23.4 Å². The lowest BCUT2D eigenvalue weighted by atomic mass is 10.1. The Labute approximate surface area is 83.3 Å². The lowest BCUT2D eigenvalue weighted by molar-refractivity contribution is 0.393. The summed E-state index contributed by atoms with van der Waals surface area (Å²) < 4.78 is 36.4. The predicted molar refractivity (Wildman–Crippen MR) is 51.7 cm³/mol. The summed E-state index contributed by atoms with van der Waals surface area (Å²) in [5, 5.41) is 0.635. The molecule has 0 fully saturated rings. The fraction of sp³-hybridized carbons (Fsp3) is 0.200. The average molecular weight is 214 g/mol. The minimum Gasteiger partial charge on any atom is -0.212 e. The first-order valence-electron chi connectivity index (χ1n) is 4.06. The molecule has 0 aliphatic carbocycles. The molecule has 0 N–H and O–H groups in total. The van der Waals surface area contributed by atoms with Gasteiger partial charge in [0.05, 0.1) is 0 Å². The van der Waals surface area contributed by atoms with Crippen molar-refractivity contribution in [2.24, 2.45) is 0 Å². The van der Waals surface area contributed by atoms with Crippen molar-refractivity contribution in [1.29, 1.82) is 0 Å². The van der Waals surface area contributed by atoms with E-state index in [1.165, 1.54) is 0 Å². The van der Waals surface area contributed by atoms with Crippen LogP contribution in [0.15, 0.2) is 29.7 Å². The van der Waals surface area contributed by atoms with Crippen molar-refractivity contribution in [2.45, 2.75) is 13.8 Å². The van der Waals surface area contributed by atoms with Crippen LogP contribution in [0.3, 0.4) is 0 Å². The molecule has 0 aliphatic heterocycles. The van der Waals surface area contributed by atoms with Crippen LogP contribution in [0, 0.1) is 13.8 Å². The van der Waals surface area contributed by atoms with Gasteiger partial charge in [0.2, 0.25) is 0 Å². The van der Waals surface area contributed by atoms with Gasteiger partial charge < -0.3 is 0 Å². The number of hydrogen-bond donors (Lipinski definition) is 0. The fourth-order valence-electron chi connectivity index (χ4n) is 1.05. The van der Waals surface area contributed by atoms with E-state index in [0.717, 1.165) is 11.1 Å². The molecule has 0 spiro atoms. The van der Waals surface area contributed by atoms with E-state index in [2.05, 4.69) is 0 Å². The first-order valence-corrected chi connectivity index (χ1v) is 5.06. The molecule has 1 rings (SSSR count). The first kappa shape index (κ1) is 11.0. The molecule has 4 heteroatoms. The molecule has 74 valence electrons. The van der Waals surface area contributed by atoms with Gasteiger partial charge in [0.25, 0.3) is 6.08 Å². The molecule has 1 aromatic rings. The minimum absolute atomic E-state index is 0.583. The van der Waals surface area contributed by atoms with Gasteiger partial charge >= 0.3 is 0 Å². The van der Waals surface area contributed by atoms with Gasteiger partial charge in [0.1, 0.15) is 5.45 Å². The van der Waals surface area contributed by atoms with E-state index < -0.39 is 21.1 Å². The molecule has 0 unspecified atom stereocenters. The zero-order valence-corrected chi connectivity index (χ0v) is 8.87. The third-order valence-electron chi connectivity index (χ3n) is 2.01. The Bertz CT molecular complexity index is 368. The van der Waals surface area contributed by atoms with Crippen LogP contribution >= 0.6 is 0 Å². The maximum absolute atomic E-state index is 12.7. The van der Waals surface area contributed by atoms with Crippen molar-refractivity contribution < 1.29 is 13.2 Å². The SMILES string of the molecule is Cc1cccc([Si]C(F)=C(F)F)c1C. The van der Waals surface area contributed by atoms with E-state index in [9.17, 15) is 13.2 Å². The number of benzene rings is 1. The quantitative estimate of drug-likeness (QED) is 0.664. The first-order chi connectivity index (χ1) is 6.52. The van der Waals surface area contributed by atoms with Crippen molar-refractivity contribution in [2.75, 3.05) is 0 Å². The van der Waals surface area contributed by atoms with Crippen LogP contribution in [0.25, 0.3) is 0 Å². The second-order valence-corrected chi connectivity index (χ2v) is 4.17. The molecule has 0 saturated heterocycles. The number of rotatable bonds is 2. The standard InChI is InChI=1S/C10H9F3Si/c1-6-4-3-5-8(7(6)2)14-10(13)9(11)12/h3-5H,1-2H3. The van der Waals surface area contributed by atoms with Crippen LogP contribution in [-0.2, 0) is 0 Å². The van der Waals surface area contributed by atoms with Crippen LogP contribution in [-0.4, -0.2) is 9.52 Å². The van der Waals surface area contributed by atoms with E-state index in [4.69, 9.17) is 0 Å². The van der Waals surface area contributed by atoms with Crippen molar-refractivity contribution in [3.05, 3.63) is 40.9 Å². The summed E-state index contributed by atoms with van der Waals surface area (Å²) >= 11 is 0. The van der Waals surface area contributed by atoms with Gasteiger partial charge in [-0.15, -0.1) is 0 Å². The molecule has 0 nitrogen and oxygen atoms in total. The van der Waals surface area contributed by atoms with Crippen LogP contribution in [0.2, 0.25) is 0 Å². The molecule has 0 aromatic heterocycles. The van der Waals surface area contributed by atoms with Gasteiger partial charge in [-0.2, -0.15) is 8.78 Å². The summed E-state index contributed by atoms with van der Waals surface area (Å²) in [5.41, 5.74) is 0.544. The molecule has 0 saturated carbocycles. The molecular weight excluding hydrogens is 205 g/mol. The van der Waals surface area contributed by atoms with Crippen LogP contribution in [0.4, 0.5) is 13.2 Å². The largest absolute Gasteiger partial charge is 0.296 e. The Morgan fingerprint density at radius 3 is 2.36 bits per heavy atom. The summed E-state index contributed by atoms with van der Waals surface area (Å²) in [6.07, 6.45) is -2.22. The Kier molecular flexibility index (Phi) is 3.52. The summed E-state index contributed by atoms with van der Waals surface area (Å²) in [6.45, 7) is 3.68. The summed E-state index contributed by atoms with van der Waals surface area (Å²) in [5.74, 6) is 0. The lowest BCUT2D eigenvalue weighted by Crippen LogP contribution is -2.19. The average Bonchev–Trinajstić information content (AvgIpc) is 2.12. The second kappa shape index (κ2) is 4.46. The van der Waals surface area contributed by atoms with Crippen molar-refractivity contribution in [3.8, 4) is 0 Å². The van der Waals surface area contributed by atoms with Crippen LogP contribution in [0.5, 0.6) is 0 Å². The Morgan fingerprint density at radius 1 is 1.14 bits per heavy atom. The highest BCUT2D eigenvalue weighted by molar-refractivity contribution is 6.60. The smallest absolute Gasteiger partial charge is 0.212 e. The van der Waals surface area contributed by atoms with Crippen molar-refractivity contribution in [3.63, 3.8) is 0 Å². The highest BCUT2D eigenvalue weighted by Crippen LogP contribution is 2.09. The van der Waals surface area contributed by atoms with Crippen LogP contribution < -0.4 is 5.19 Å². The molecular formula is C10H9F3Si. The Hall–Kier alpha value is -1.03. The molecule has 0 amide bonds. The van der Waals surface area contributed by atoms with E-state index in [-0.39, 0.29) is 0 Å². The molecule has 1 aromatic carbocycles. The topological polar surface area (TPSA) is 0 Å². The normalized spacial score (nSPS) is 10.1. The van der Waals surface area contributed by atoms with Crippen molar-refractivity contribution in [1.82, 2.24) is 0 Å². The van der Waals surface area contributed by atoms with E-state index in [0.29, 0.717) is 5.19 Å². The summed E-state index contributed by atoms with van der Waals surface area (Å²) in [7, 11) is -0.583. The number of hydrogen-bond acceptors (Lipinski definition) is 0. The highest BCUT2D eigenvalue weighted by Gasteiger charge is 2.10. The Morgan fingerprint density at radius 2 is 1.79 bits per heavy atom. The molecule has 14 heavy (non-hydrogen) atoms. The molecule has 0 atom stereocenters. The molecule has 2 radical (unpaired) electrons. The number of aryl methyl sites for hydroxylation is 1. The third kappa shape index (κ3) is 2.48. The van der Waals surface area contributed by atoms with Gasteiger partial charge in [0, 0.05) is 0 Å². The van der Waals surface area contributed by atoms with E-state index in [1.807, 2.05) is 13.0 Å². The van der Waals surface area contributed by atoms with Gasteiger partial charge in [0.15, 0.2) is 9.52 Å². The summed E-state index contributed by atoms with van der Waals surface area (Å²) in [4.78, 5) is 0. The van der Waals surface area contributed by atoms with Gasteiger partial charge in [-0.3, -0.25) is 0 Å². The maximum atomic E-state index is 12.7. The summed E-state index contributed by atoms with van der Waals surface area (Å²) in [6, 6.07) is 5.29. The molecule has 0 bridgehead atoms. The number of halogens is 3. The second-order valence-electron chi connectivity index (χ2n) is 2.95. The molecule has 0 aliphatic rings. The van der Waals surface area contributed by atoms with Gasteiger partial charge in [-0.25, -0.2) is 4.39 Å². The van der Waals surface area contributed by atoms with Crippen LogP contribution in [0.1, 0.15) is 11.1 Å². The van der Waals surface area contributed by atoms with Crippen molar-refractivity contribution >= 4 is 14.7 Å². The Balaban J connectivity index is 2.99. The molecule has 0 heterocycles. The van der Waals surface area contributed by atoms with E-state index >= 15 is 0 Å². The van der Waals surface area contributed by atoms with Gasteiger partial charge in [-0.05, 0) is 25.0 Å². The lowest BCUT2D eigenvalue weighted by Gasteiger charge is -2.05. The zero-order valence-electron chi connectivity index (χ0n) is 7.87. The third-order valence-corrected chi connectivity index (χ3v) is 3.23. The zero-order chi connectivity index (χ0) is 10.7. The highest BCUT2D eigenvalue weighted by atomic mass is 28.2. The minimum atomic E-state index is -2.22.